The van der Waals surface area contributed by atoms with Crippen LogP contribution in [-0.4, -0.2) is 17.0 Å². The lowest BCUT2D eigenvalue weighted by Gasteiger charge is -2.40. The number of aliphatic hydroxyl groups is 1. The minimum Gasteiger partial charge on any atom is -0.388 e. The molecule has 0 radical (unpaired) electrons. The molecular weight excluding hydrogens is 164 g/mol. The molecule has 0 bridgehead atoms. The molecule has 0 spiro atoms. The van der Waals surface area contributed by atoms with Crippen LogP contribution in [-0.2, 0) is 4.79 Å². The van der Waals surface area contributed by atoms with Crippen LogP contribution in [0.2, 0.25) is 0 Å². The van der Waals surface area contributed by atoms with Crippen molar-refractivity contribution in [3.05, 3.63) is 24.3 Å². The maximum atomic E-state index is 11.5. The highest BCUT2D eigenvalue weighted by atomic mass is 16.3. The summed E-state index contributed by atoms with van der Waals surface area (Å²) in [4.78, 5) is 11.5. The number of hydrogen-bond acceptors (Lipinski definition) is 2. The van der Waals surface area contributed by atoms with Gasteiger partial charge in [0.2, 0.25) is 0 Å². The molecule has 0 aromatic carbocycles. The summed E-state index contributed by atoms with van der Waals surface area (Å²) in [5, 5.41) is 9.64. The van der Waals surface area contributed by atoms with Gasteiger partial charge in [-0.25, -0.2) is 0 Å². The molecule has 1 N–H and O–H groups in total. The Hall–Kier alpha value is -0.890. The third-order valence-electron chi connectivity index (χ3n) is 3.08. The summed E-state index contributed by atoms with van der Waals surface area (Å²) >= 11 is 0. The van der Waals surface area contributed by atoms with E-state index in [0.29, 0.717) is 5.92 Å². The fourth-order valence-electron chi connectivity index (χ4n) is 2.38. The summed E-state index contributed by atoms with van der Waals surface area (Å²) in [7, 11) is 0. The van der Waals surface area contributed by atoms with Crippen molar-refractivity contribution in [1.82, 2.24) is 0 Å². The Labute approximate surface area is 78.0 Å². The molecule has 0 aromatic rings. The monoisotopic (exact) mass is 178 g/mol. The summed E-state index contributed by atoms with van der Waals surface area (Å²) < 4.78 is 0. The molecule has 0 saturated heterocycles. The van der Waals surface area contributed by atoms with Crippen LogP contribution in [0.5, 0.6) is 0 Å². The number of rotatable bonds is 2. The van der Waals surface area contributed by atoms with E-state index in [1.54, 1.807) is 12.2 Å². The molecule has 2 nitrogen and oxygen atoms in total. The standard InChI is InChI=1S/C11H14O2/c1-2-4-9(12)10-7-5-3-6-8(7)11(10)13/h2-5,7-10,12H,6H2,1H3/b4-2+. The van der Waals surface area contributed by atoms with Crippen molar-refractivity contribution >= 4 is 5.78 Å². The van der Waals surface area contributed by atoms with Crippen LogP contribution in [0.25, 0.3) is 0 Å². The highest BCUT2D eigenvalue weighted by Crippen LogP contribution is 2.46. The molecule has 0 aliphatic heterocycles. The quantitative estimate of drug-likeness (QED) is 0.647. The highest BCUT2D eigenvalue weighted by Gasteiger charge is 2.51. The van der Waals surface area contributed by atoms with E-state index in [1.807, 2.05) is 6.92 Å². The first kappa shape index (κ1) is 8.70. The lowest BCUT2D eigenvalue weighted by molar-refractivity contribution is -0.144. The van der Waals surface area contributed by atoms with Gasteiger partial charge in [-0.1, -0.05) is 24.3 Å². The van der Waals surface area contributed by atoms with Crippen molar-refractivity contribution in [2.45, 2.75) is 19.4 Å². The van der Waals surface area contributed by atoms with Crippen molar-refractivity contribution in [2.24, 2.45) is 17.8 Å². The van der Waals surface area contributed by atoms with E-state index in [9.17, 15) is 9.90 Å². The summed E-state index contributed by atoms with van der Waals surface area (Å²) in [5.74, 6) is 0.559. The minimum atomic E-state index is -0.582. The van der Waals surface area contributed by atoms with E-state index in [1.165, 1.54) is 0 Å². The van der Waals surface area contributed by atoms with E-state index in [-0.39, 0.29) is 17.6 Å². The lowest BCUT2D eigenvalue weighted by Crippen LogP contribution is -2.50. The first-order valence-corrected chi connectivity index (χ1v) is 4.77. The molecule has 13 heavy (non-hydrogen) atoms. The Morgan fingerprint density at radius 2 is 2.46 bits per heavy atom. The summed E-state index contributed by atoms with van der Waals surface area (Å²) in [6, 6.07) is 0. The third kappa shape index (κ3) is 1.17. The van der Waals surface area contributed by atoms with E-state index < -0.39 is 6.10 Å². The molecule has 0 amide bonds. The maximum Gasteiger partial charge on any atom is 0.143 e. The molecule has 1 fully saturated rings. The van der Waals surface area contributed by atoms with Crippen molar-refractivity contribution in [3.8, 4) is 0 Å². The smallest absolute Gasteiger partial charge is 0.143 e. The van der Waals surface area contributed by atoms with Gasteiger partial charge in [-0.3, -0.25) is 4.79 Å². The van der Waals surface area contributed by atoms with Crippen LogP contribution in [0.4, 0.5) is 0 Å². The van der Waals surface area contributed by atoms with Gasteiger partial charge in [-0.15, -0.1) is 0 Å². The van der Waals surface area contributed by atoms with E-state index in [4.69, 9.17) is 0 Å². The number of hydrogen-bond donors (Lipinski definition) is 1. The molecule has 4 atom stereocenters. The number of aliphatic hydroxyl groups excluding tert-OH is 1. The Morgan fingerprint density at radius 1 is 1.69 bits per heavy atom. The fourth-order valence-corrected chi connectivity index (χ4v) is 2.38. The molecule has 70 valence electrons. The Kier molecular flexibility index (Phi) is 2.08. The molecule has 2 heteroatoms. The second kappa shape index (κ2) is 3.11. The van der Waals surface area contributed by atoms with Crippen molar-refractivity contribution in [2.75, 3.05) is 0 Å². The van der Waals surface area contributed by atoms with E-state index in [2.05, 4.69) is 12.2 Å². The van der Waals surface area contributed by atoms with E-state index >= 15 is 0 Å². The van der Waals surface area contributed by atoms with Gasteiger partial charge in [-0.2, -0.15) is 0 Å². The predicted molar refractivity (Wildman–Crippen MR) is 50.1 cm³/mol. The molecule has 0 aromatic heterocycles. The number of carbonyl (C=O) groups excluding carboxylic acids is 1. The van der Waals surface area contributed by atoms with Crippen molar-refractivity contribution in [3.63, 3.8) is 0 Å². The number of allylic oxidation sites excluding steroid dienone is 3. The first-order chi connectivity index (χ1) is 6.25. The van der Waals surface area contributed by atoms with Gasteiger partial charge in [0.15, 0.2) is 0 Å². The molecule has 2 rings (SSSR count). The van der Waals surface area contributed by atoms with Gasteiger partial charge in [-0.05, 0) is 19.3 Å². The third-order valence-corrected chi connectivity index (χ3v) is 3.08. The summed E-state index contributed by atoms with van der Waals surface area (Å²) in [5.41, 5.74) is 0. The maximum absolute atomic E-state index is 11.5. The largest absolute Gasteiger partial charge is 0.388 e. The van der Waals surface area contributed by atoms with Crippen LogP contribution in [0.3, 0.4) is 0 Å². The second-order valence-corrected chi connectivity index (χ2v) is 3.79. The highest BCUT2D eigenvalue weighted by molar-refractivity contribution is 5.92. The predicted octanol–water partition coefficient (Wildman–Crippen LogP) is 1.31. The fraction of sp³-hybridized carbons (Fsp3) is 0.545. The SMILES string of the molecule is C/C=C/C(O)C1C(=O)C2CC=CC21. The minimum absolute atomic E-state index is 0.167. The summed E-state index contributed by atoms with van der Waals surface area (Å²) in [6.07, 6.45) is 7.91. The number of carbonyl (C=O) groups is 1. The zero-order chi connectivity index (χ0) is 9.42. The molecule has 2 aliphatic rings. The van der Waals surface area contributed by atoms with Crippen LogP contribution < -0.4 is 0 Å². The van der Waals surface area contributed by atoms with Gasteiger partial charge in [0.05, 0.1) is 12.0 Å². The van der Waals surface area contributed by atoms with Crippen molar-refractivity contribution in [1.29, 1.82) is 0 Å². The zero-order valence-corrected chi connectivity index (χ0v) is 7.68. The van der Waals surface area contributed by atoms with Gasteiger partial charge in [0, 0.05) is 5.92 Å². The number of ketones is 1. The Balaban J connectivity index is 2.08. The number of fused-ring (bicyclic) bond motifs is 1. The number of Topliss-reactive ketones (excluding diaryl/α,β-unsaturated/α-hetero) is 1. The van der Waals surface area contributed by atoms with Crippen LogP contribution in [0.15, 0.2) is 24.3 Å². The average Bonchev–Trinajstić information content (AvgIpc) is 2.48. The molecular formula is C11H14O2. The first-order valence-electron chi connectivity index (χ1n) is 4.77. The molecule has 2 aliphatic carbocycles. The Morgan fingerprint density at radius 3 is 3.15 bits per heavy atom. The van der Waals surface area contributed by atoms with Gasteiger partial charge in [0.1, 0.15) is 5.78 Å². The van der Waals surface area contributed by atoms with E-state index in [0.717, 1.165) is 6.42 Å². The Bertz CT molecular complexity index is 278. The van der Waals surface area contributed by atoms with Gasteiger partial charge >= 0.3 is 0 Å². The second-order valence-electron chi connectivity index (χ2n) is 3.79. The van der Waals surface area contributed by atoms with Gasteiger partial charge in [0.25, 0.3) is 0 Å². The topological polar surface area (TPSA) is 37.3 Å². The van der Waals surface area contributed by atoms with Crippen molar-refractivity contribution < 1.29 is 9.90 Å². The molecule has 4 unspecified atom stereocenters. The molecule has 0 heterocycles. The van der Waals surface area contributed by atoms with Crippen LogP contribution in [0.1, 0.15) is 13.3 Å². The van der Waals surface area contributed by atoms with Crippen LogP contribution >= 0.6 is 0 Å². The normalized spacial score (nSPS) is 39.2. The zero-order valence-electron chi connectivity index (χ0n) is 7.68. The summed E-state index contributed by atoms with van der Waals surface area (Å²) in [6.45, 7) is 1.86. The molecule has 1 saturated carbocycles. The lowest BCUT2D eigenvalue weighted by atomic mass is 9.63. The average molecular weight is 178 g/mol. The van der Waals surface area contributed by atoms with Gasteiger partial charge < -0.3 is 5.11 Å². The van der Waals surface area contributed by atoms with Crippen LogP contribution in [0, 0.1) is 17.8 Å².